The van der Waals surface area contributed by atoms with E-state index < -0.39 is 0 Å². The van der Waals surface area contributed by atoms with Crippen LogP contribution in [0.25, 0.3) is 10.8 Å². The molecule has 0 radical (unpaired) electrons. The zero-order valence-electron chi connectivity index (χ0n) is 11.9. The fourth-order valence-electron chi connectivity index (χ4n) is 2.37. The minimum Gasteiger partial charge on any atom is -0.493 e. The summed E-state index contributed by atoms with van der Waals surface area (Å²) in [6, 6.07) is 8.40. The molecule has 0 aliphatic heterocycles. The van der Waals surface area contributed by atoms with Crippen LogP contribution in [0.5, 0.6) is 17.2 Å². The average molecular weight is 260 g/mol. The molecular formula is C16H20O3. The SMILES string of the molecule is CCCc1ccc2c(OC)c(OC)c(OC)cc2c1. The van der Waals surface area contributed by atoms with Crippen LogP contribution in [0.15, 0.2) is 24.3 Å². The van der Waals surface area contributed by atoms with Crippen molar-refractivity contribution in [1.29, 1.82) is 0 Å². The number of ether oxygens (including phenoxy) is 3. The molecule has 19 heavy (non-hydrogen) atoms. The minimum absolute atomic E-state index is 0.640. The van der Waals surface area contributed by atoms with Crippen LogP contribution in [0.1, 0.15) is 18.9 Å². The van der Waals surface area contributed by atoms with Gasteiger partial charge in [-0.2, -0.15) is 0 Å². The molecule has 0 bridgehead atoms. The lowest BCUT2D eigenvalue weighted by Gasteiger charge is -2.15. The Kier molecular flexibility index (Phi) is 4.15. The van der Waals surface area contributed by atoms with Crippen LogP contribution in [0, 0.1) is 0 Å². The second kappa shape index (κ2) is 5.83. The Morgan fingerprint density at radius 1 is 0.895 bits per heavy atom. The minimum atomic E-state index is 0.640. The lowest BCUT2D eigenvalue weighted by molar-refractivity contribution is 0.327. The Balaban J connectivity index is 2.69. The summed E-state index contributed by atoms with van der Waals surface area (Å²) < 4.78 is 16.3. The van der Waals surface area contributed by atoms with Crippen molar-refractivity contribution in [3.05, 3.63) is 29.8 Å². The highest BCUT2D eigenvalue weighted by Gasteiger charge is 2.15. The van der Waals surface area contributed by atoms with Gasteiger partial charge in [-0.25, -0.2) is 0 Å². The number of hydrogen-bond acceptors (Lipinski definition) is 3. The maximum absolute atomic E-state index is 5.49. The van der Waals surface area contributed by atoms with E-state index in [1.54, 1.807) is 21.3 Å². The van der Waals surface area contributed by atoms with Crippen LogP contribution >= 0.6 is 0 Å². The summed E-state index contributed by atoms with van der Waals surface area (Å²) >= 11 is 0. The van der Waals surface area contributed by atoms with E-state index in [9.17, 15) is 0 Å². The van der Waals surface area contributed by atoms with Crippen LogP contribution in [-0.2, 0) is 6.42 Å². The van der Waals surface area contributed by atoms with Crippen molar-refractivity contribution in [2.24, 2.45) is 0 Å². The molecule has 0 aromatic heterocycles. The number of methoxy groups -OCH3 is 3. The second-order valence-electron chi connectivity index (χ2n) is 4.45. The van der Waals surface area contributed by atoms with Crippen molar-refractivity contribution in [3.8, 4) is 17.2 Å². The van der Waals surface area contributed by atoms with Crippen LogP contribution in [0.4, 0.5) is 0 Å². The molecule has 2 aromatic carbocycles. The van der Waals surface area contributed by atoms with Gasteiger partial charge in [0.25, 0.3) is 0 Å². The summed E-state index contributed by atoms with van der Waals surface area (Å²) in [5.74, 6) is 2.06. The molecule has 0 saturated heterocycles. The second-order valence-corrected chi connectivity index (χ2v) is 4.45. The van der Waals surface area contributed by atoms with Crippen molar-refractivity contribution >= 4 is 10.8 Å². The molecule has 0 spiro atoms. The molecule has 0 aliphatic carbocycles. The van der Waals surface area contributed by atoms with Crippen molar-refractivity contribution in [1.82, 2.24) is 0 Å². The number of aryl methyl sites for hydroxylation is 1. The number of benzene rings is 2. The molecule has 0 amide bonds. The van der Waals surface area contributed by atoms with E-state index in [0.717, 1.165) is 29.4 Å². The van der Waals surface area contributed by atoms with Crippen LogP contribution in [-0.4, -0.2) is 21.3 Å². The Hall–Kier alpha value is -1.90. The first-order chi connectivity index (χ1) is 9.24. The molecule has 0 unspecified atom stereocenters. The van der Waals surface area contributed by atoms with Gasteiger partial charge in [0, 0.05) is 5.39 Å². The molecule has 2 aromatic rings. The predicted octanol–water partition coefficient (Wildman–Crippen LogP) is 3.82. The topological polar surface area (TPSA) is 27.7 Å². The van der Waals surface area contributed by atoms with Gasteiger partial charge in [0.15, 0.2) is 11.5 Å². The Morgan fingerprint density at radius 2 is 1.63 bits per heavy atom. The normalized spacial score (nSPS) is 10.5. The van der Waals surface area contributed by atoms with E-state index in [1.807, 2.05) is 6.07 Å². The highest BCUT2D eigenvalue weighted by molar-refractivity contribution is 5.93. The van der Waals surface area contributed by atoms with Gasteiger partial charge < -0.3 is 14.2 Å². The van der Waals surface area contributed by atoms with Gasteiger partial charge in [0.05, 0.1) is 21.3 Å². The summed E-state index contributed by atoms with van der Waals surface area (Å²) in [6.07, 6.45) is 2.21. The molecule has 0 saturated carbocycles. The maximum atomic E-state index is 5.49. The molecule has 0 N–H and O–H groups in total. The van der Waals surface area contributed by atoms with Gasteiger partial charge in [0.2, 0.25) is 5.75 Å². The van der Waals surface area contributed by atoms with Crippen LogP contribution < -0.4 is 14.2 Å². The smallest absolute Gasteiger partial charge is 0.203 e. The van der Waals surface area contributed by atoms with E-state index in [2.05, 4.69) is 25.1 Å². The highest BCUT2D eigenvalue weighted by atomic mass is 16.5. The first-order valence-electron chi connectivity index (χ1n) is 6.46. The monoisotopic (exact) mass is 260 g/mol. The third-order valence-corrected chi connectivity index (χ3v) is 3.24. The van der Waals surface area contributed by atoms with Gasteiger partial charge >= 0.3 is 0 Å². The van der Waals surface area contributed by atoms with E-state index in [0.29, 0.717) is 11.5 Å². The lowest BCUT2D eigenvalue weighted by Crippen LogP contribution is -1.96. The average Bonchev–Trinajstić information content (AvgIpc) is 2.45. The van der Waals surface area contributed by atoms with E-state index in [4.69, 9.17) is 14.2 Å². The number of fused-ring (bicyclic) bond motifs is 1. The Bertz CT molecular complexity index is 576. The fraction of sp³-hybridized carbons (Fsp3) is 0.375. The highest BCUT2D eigenvalue weighted by Crippen LogP contribution is 2.43. The standard InChI is InChI=1S/C16H20O3/c1-5-6-11-7-8-13-12(9-11)10-14(17-2)16(19-4)15(13)18-3/h7-10H,5-6H2,1-4H3. The molecule has 0 fully saturated rings. The third kappa shape index (κ3) is 2.46. The van der Waals surface area contributed by atoms with Gasteiger partial charge in [-0.05, 0) is 23.4 Å². The molecule has 0 aliphatic rings. The van der Waals surface area contributed by atoms with Crippen molar-refractivity contribution in [3.63, 3.8) is 0 Å². The van der Waals surface area contributed by atoms with Crippen molar-refractivity contribution in [2.45, 2.75) is 19.8 Å². The van der Waals surface area contributed by atoms with Gasteiger partial charge in [-0.1, -0.05) is 31.5 Å². The zero-order chi connectivity index (χ0) is 13.8. The Morgan fingerprint density at radius 3 is 2.21 bits per heavy atom. The zero-order valence-corrected chi connectivity index (χ0v) is 11.9. The van der Waals surface area contributed by atoms with Crippen molar-refractivity contribution < 1.29 is 14.2 Å². The molecule has 2 rings (SSSR count). The molecule has 0 atom stereocenters. The quantitative estimate of drug-likeness (QED) is 0.818. The fourth-order valence-corrected chi connectivity index (χ4v) is 2.37. The van der Waals surface area contributed by atoms with Crippen molar-refractivity contribution in [2.75, 3.05) is 21.3 Å². The molecule has 102 valence electrons. The van der Waals surface area contributed by atoms with Crippen LogP contribution in [0.2, 0.25) is 0 Å². The summed E-state index contributed by atoms with van der Waals surface area (Å²) in [6.45, 7) is 2.18. The Labute approximate surface area is 114 Å². The molecule has 3 nitrogen and oxygen atoms in total. The first-order valence-corrected chi connectivity index (χ1v) is 6.46. The van der Waals surface area contributed by atoms with Crippen LogP contribution in [0.3, 0.4) is 0 Å². The molecular weight excluding hydrogens is 240 g/mol. The summed E-state index contributed by atoms with van der Waals surface area (Å²) in [4.78, 5) is 0. The van der Waals surface area contributed by atoms with E-state index in [-0.39, 0.29) is 0 Å². The van der Waals surface area contributed by atoms with Gasteiger partial charge in [0.1, 0.15) is 0 Å². The summed E-state index contributed by atoms with van der Waals surface area (Å²) in [5.41, 5.74) is 1.32. The van der Waals surface area contributed by atoms with Gasteiger partial charge in [-0.3, -0.25) is 0 Å². The van der Waals surface area contributed by atoms with E-state index in [1.165, 1.54) is 5.56 Å². The molecule has 3 heteroatoms. The summed E-state index contributed by atoms with van der Waals surface area (Å²) in [7, 11) is 4.91. The van der Waals surface area contributed by atoms with E-state index >= 15 is 0 Å². The summed E-state index contributed by atoms with van der Waals surface area (Å²) in [5, 5.41) is 2.15. The van der Waals surface area contributed by atoms with Gasteiger partial charge in [-0.15, -0.1) is 0 Å². The predicted molar refractivity (Wildman–Crippen MR) is 77.6 cm³/mol. The number of rotatable bonds is 5. The first kappa shape index (κ1) is 13.5. The maximum Gasteiger partial charge on any atom is 0.203 e. The third-order valence-electron chi connectivity index (χ3n) is 3.24. The number of hydrogen-bond donors (Lipinski definition) is 0. The largest absolute Gasteiger partial charge is 0.493 e. The molecule has 0 heterocycles. The lowest BCUT2D eigenvalue weighted by atomic mass is 10.0.